The van der Waals surface area contributed by atoms with E-state index in [2.05, 4.69) is 31.7 Å². The summed E-state index contributed by atoms with van der Waals surface area (Å²) in [4.78, 5) is 16.9. The normalized spacial score (nSPS) is 16.3. The Labute approximate surface area is 160 Å². The van der Waals surface area contributed by atoms with Crippen molar-refractivity contribution in [3.05, 3.63) is 64.5 Å². The van der Waals surface area contributed by atoms with Crippen molar-refractivity contribution in [1.82, 2.24) is 9.80 Å². The Morgan fingerprint density at radius 3 is 2.22 bits per heavy atom. The monoisotopic (exact) mass is 370 g/mol. The Hall–Kier alpha value is -2.40. The van der Waals surface area contributed by atoms with Gasteiger partial charge in [0.15, 0.2) is 0 Å². The first-order chi connectivity index (χ1) is 12.9. The second-order valence-corrected chi connectivity index (χ2v) is 7.12. The average molecular weight is 370 g/mol. The van der Waals surface area contributed by atoms with Crippen molar-refractivity contribution in [1.29, 1.82) is 0 Å². The first kappa shape index (κ1) is 19.4. The molecule has 1 aliphatic rings. The Morgan fingerprint density at radius 2 is 1.63 bits per heavy atom. The molecule has 0 aromatic heterocycles. The number of benzene rings is 2. The second kappa shape index (κ2) is 8.09. The summed E-state index contributed by atoms with van der Waals surface area (Å²) in [5, 5.41) is 0. The van der Waals surface area contributed by atoms with E-state index >= 15 is 0 Å². The van der Waals surface area contributed by atoms with Crippen LogP contribution < -0.4 is 4.74 Å². The smallest absolute Gasteiger partial charge is 0.253 e. The van der Waals surface area contributed by atoms with E-state index in [1.54, 1.807) is 19.2 Å². The van der Waals surface area contributed by atoms with Gasteiger partial charge in [0.2, 0.25) is 0 Å². The zero-order valence-corrected chi connectivity index (χ0v) is 16.5. The van der Waals surface area contributed by atoms with E-state index in [0.717, 1.165) is 18.8 Å². The Bertz CT molecular complexity index is 812. The molecule has 1 fully saturated rings. The molecule has 0 N–H and O–H groups in total. The standard InChI is InChI=1S/C22H27FN2O2/c1-15-16(2)21(27-4)10-9-20(15)17(3)24-11-13-25(14-12-24)22(26)18-5-7-19(23)8-6-18/h5-10,17H,11-14H2,1-4H3. The van der Waals surface area contributed by atoms with Gasteiger partial charge in [0.25, 0.3) is 5.91 Å². The van der Waals surface area contributed by atoms with Crippen LogP contribution in [0.15, 0.2) is 36.4 Å². The molecular weight excluding hydrogens is 343 g/mol. The fourth-order valence-corrected chi connectivity index (χ4v) is 3.77. The van der Waals surface area contributed by atoms with Crippen molar-refractivity contribution >= 4 is 5.91 Å². The molecule has 5 heteroatoms. The van der Waals surface area contributed by atoms with Crippen molar-refractivity contribution in [2.24, 2.45) is 0 Å². The van der Waals surface area contributed by atoms with E-state index < -0.39 is 0 Å². The molecule has 0 saturated carbocycles. The van der Waals surface area contributed by atoms with Crippen molar-refractivity contribution in [2.45, 2.75) is 26.8 Å². The molecule has 2 aromatic rings. The number of amides is 1. The van der Waals surface area contributed by atoms with Gasteiger partial charge in [0, 0.05) is 37.8 Å². The Balaban J connectivity index is 1.66. The molecule has 0 spiro atoms. The molecule has 0 radical (unpaired) electrons. The number of carbonyl (C=O) groups is 1. The summed E-state index contributed by atoms with van der Waals surface area (Å²) in [7, 11) is 1.70. The summed E-state index contributed by atoms with van der Waals surface area (Å²) in [5.41, 5.74) is 4.27. The molecule has 27 heavy (non-hydrogen) atoms. The quantitative estimate of drug-likeness (QED) is 0.816. The molecule has 3 rings (SSSR count). The van der Waals surface area contributed by atoms with E-state index in [1.807, 2.05) is 11.0 Å². The van der Waals surface area contributed by atoms with Crippen LogP contribution in [0.3, 0.4) is 0 Å². The van der Waals surface area contributed by atoms with Crippen molar-refractivity contribution < 1.29 is 13.9 Å². The number of rotatable bonds is 4. The highest BCUT2D eigenvalue weighted by Gasteiger charge is 2.26. The Morgan fingerprint density at radius 1 is 1.00 bits per heavy atom. The summed E-state index contributed by atoms with van der Waals surface area (Å²) < 4.78 is 18.5. The van der Waals surface area contributed by atoms with Gasteiger partial charge in [-0.2, -0.15) is 0 Å². The third kappa shape index (κ3) is 3.98. The molecule has 1 atom stereocenters. The van der Waals surface area contributed by atoms with Gasteiger partial charge in [-0.15, -0.1) is 0 Å². The molecule has 2 aromatic carbocycles. The zero-order valence-electron chi connectivity index (χ0n) is 16.5. The molecule has 1 amide bonds. The first-order valence-corrected chi connectivity index (χ1v) is 9.35. The highest BCUT2D eigenvalue weighted by molar-refractivity contribution is 5.94. The van der Waals surface area contributed by atoms with Gasteiger partial charge in [-0.05, 0) is 67.8 Å². The maximum Gasteiger partial charge on any atom is 0.253 e. The average Bonchev–Trinajstić information content (AvgIpc) is 2.70. The Kier molecular flexibility index (Phi) is 5.80. The van der Waals surface area contributed by atoms with Gasteiger partial charge < -0.3 is 9.64 Å². The molecule has 1 aliphatic heterocycles. The first-order valence-electron chi connectivity index (χ1n) is 9.35. The number of hydrogen-bond acceptors (Lipinski definition) is 3. The summed E-state index contributed by atoms with van der Waals surface area (Å²) in [5.74, 6) is 0.562. The second-order valence-electron chi connectivity index (χ2n) is 7.12. The molecule has 1 unspecified atom stereocenters. The van der Waals surface area contributed by atoms with Crippen LogP contribution in [0.2, 0.25) is 0 Å². The number of nitrogens with zero attached hydrogens (tertiary/aromatic N) is 2. The van der Waals surface area contributed by atoms with E-state index in [-0.39, 0.29) is 17.8 Å². The number of methoxy groups -OCH3 is 1. The molecule has 0 aliphatic carbocycles. The lowest BCUT2D eigenvalue weighted by Crippen LogP contribution is -2.49. The molecule has 0 bridgehead atoms. The van der Waals surface area contributed by atoms with Gasteiger partial charge in [0.1, 0.15) is 11.6 Å². The third-order valence-corrected chi connectivity index (χ3v) is 5.69. The van der Waals surface area contributed by atoms with Crippen molar-refractivity contribution in [3.8, 4) is 5.75 Å². The van der Waals surface area contributed by atoms with E-state index in [4.69, 9.17) is 4.74 Å². The van der Waals surface area contributed by atoms with Crippen LogP contribution >= 0.6 is 0 Å². The van der Waals surface area contributed by atoms with Gasteiger partial charge in [-0.1, -0.05) is 6.07 Å². The molecule has 1 saturated heterocycles. The van der Waals surface area contributed by atoms with Crippen LogP contribution in [0.4, 0.5) is 4.39 Å². The summed E-state index contributed by atoms with van der Waals surface area (Å²) in [6.07, 6.45) is 0. The van der Waals surface area contributed by atoms with E-state index in [0.29, 0.717) is 18.7 Å². The summed E-state index contributed by atoms with van der Waals surface area (Å²) in [6, 6.07) is 10.2. The van der Waals surface area contributed by atoms with Gasteiger partial charge in [-0.25, -0.2) is 4.39 Å². The fraction of sp³-hybridized carbons (Fsp3) is 0.409. The number of piperazine rings is 1. The predicted molar refractivity (Wildman–Crippen MR) is 105 cm³/mol. The molecule has 144 valence electrons. The number of halogens is 1. The van der Waals surface area contributed by atoms with Gasteiger partial charge >= 0.3 is 0 Å². The van der Waals surface area contributed by atoms with Crippen LogP contribution in [-0.4, -0.2) is 49.0 Å². The van der Waals surface area contributed by atoms with E-state index in [1.165, 1.54) is 28.8 Å². The predicted octanol–water partition coefficient (Wildman–Crippen LogP) is 3.97. The minimum absolute atomic E-state index is 0.0289. The summed E-state index contributed by atoms with van der Waals surface area (Å²) in [6.45, 7) is 9.42. The van der Waals surface area contributed by atoms with Gasteiger partial charge in [-0.3, -0.25) is 9.69 Å². The maximum atomic E-state index is 13.1. The number of ether oxygens (including phenoxy) is 1. The number of carbonyl (C=O) groups excluding carboxylic acids is 1. The van der Waals surface area contributed by atoms with E-state index in [9.17, 15) is 9.18 Å². The van der Waals surface area contributed by atoms with Crippen LogP contribution in [0, 0.1) is 19.7 Å². The largest absolute Gasteiger partial charge is 0.496 e. The maximum absolute atomic E-state index is 13.1. The minimum atomic E-state index is -0.324. The van der Waals surface area contributed by atoms with Crippen molar-refractivity contribution in [2.75, 3.05) is 33.3 Å². The fourth-order valence-electron chi connectivity index (χ4n) is 3.77. The SMILES string of the molecule is COc1ccc(C(C)N2CCN(C(=O)c3ccc(F)cc3)CC2)c(C)c1C. The van der Waals surface area contributed by atoms with Crippen LogP contribution in [0.5, 0.6) is 5.75 Å². The number of hydrogen-bond donors (Lipinski definition) is 0. The molecular formula is C22H27FN2O2. The lowest BCUT2D eigenvalue weighted by atomic mass is 9.96. The zero-order chi connectivity index (χ0) is 19.6. The lowest BCUT2D eigenvalue weighted by molar-refractivity contribution is 0.0581. The minimum Gasteiger partial charge on any atom is -0.496 e. The summed E-state index contributed by atoms with van der Waals surface area (Å²) >= 11 is 0. The molecule has 4 nitrogen and oxygen atoms in total. The highest BCUT2D eigenvalue weighted by Crippen LogP contribution is 2.31. The highest BCUT2D eigenvalue weighted by atomic mass is 19.1. The van der Waals surface area contributed by atoms with Crippen LogP contribution in [0.1, 0.15) is 40.0 Å². The third-order valence-electron chi connectivity index (χ3n) is 5.69. The lowest BCUT2D eigenvalue weighted by Gasteiger charge is -2.38. The van der Waals surface area contributed by atoms with Crippen LogP contribution in [-0.2, 0) is 0 Å². The van der Waals surface area contributed by atoms with Crippen LogP contribution in [0.25, 0.3) is 0 Å². The van der Waals surface area contributed by atoms with Gasteiger partial charge in [0.05, 0.1) is 7.11 Å². The topological polar surface area (TPSA) is 32.8 Å². The van der Waals surface area contributed by atoms with Crippen molar-refractivity contribution in [3.63, 3.8) is 0 Å². The molecule has 1 heterocycles.